The fourth-order valence-electron chi connectivity index (χ4n) is 2.86. The van der Waals surface area contributed by atoms with Crippen LogP contribution in [-0.2, 0) is 0 Å². The Morgan fingerprint density at radius 2 is 2.11 bits per heavy atom. The SMILES string of the molecule is CCOc1ccc2c(c1)C(O)C(CCO)C(C)(C)N2. The van der Waals surface area contributed by atoms with Crippen molar-refractivity contribution >= 4 is 5.69 Å². The number of hydrogen-bond acceptors (Lipinski definition) is 4. The average molecular weight is 265 g/mol. The molecule has 1 aliphatic rings. The van der Waals surface area contributed by atoms with Gasteiger partial charge in [0.15, 0.2) is 0 Å². The minimum absolute atomic E-state index is 0.0260. The van der Waals surface area contributed by atoms with E-state index in [1.807, 2.05) is 25.1 Å². The van der Waals surface area contributed by atoms with Crippen molar-refractivity contribution < 1.29 is 14.9 Å². The van der Waals surface area contributed by atoms with E-state index in [-0.39, 0.29) is 18.1 Å². The van der Waals surface area contributed by atoms with Crippen molar-refractivity contribution in [3.8, 4) is 5.75 Å². The molecule has 1 aromatic rings. The maximum absolute atomic E-state index is 10.6. The number of nitrogens with one attached hydrogen (secondary N) is 1. The molecule has 2 unspecified atom stereocenters. The summed E-state index contributed by atoms with van der Waals surface area (Å²) in [7, 11) is 0. The van der Waals surface area contributed by atoms with Crippen LogP contribution in [0, 0.1) is 5.92 Å². The van der Waals surface area contributed by atoms with Crippen LogP contribution in [0.3, 0.4) is 0 Å². The van der Waals surface area contributed by atoms with Crippen molar-refractivity contribution in [2.24, 2.45) is 5.92 Å². The topological polar surface area (TPSA) is 61.7 Å². The lowest BCUT2D eigenvalue weighted by Gasteiger charge is -2.44. The van der Waals surface area contributed by atoms with Crippen molar-refractivity contribution in [1.82, 2.24) is 0 Å². The summed E-state index contributed by atoms with van der Waals surface area (Å²) in [4.78, 5) is 0. The van der Waals surface area contributed by atoms with Gasteiger partial charge in [-0.3, -0.25) is 0 Å². The van der Waals surface area contributed by atoms with Crippen LogP contribution in [0.4, 0.5) is 5.69 Å². The minimum Gasteiger partial charge on any atom is -0.494 e. The van der Waals surface area contributed by atoms with Gasteiger partial charge in [0.25, 0.3) is 0 Å². The first-order valence-corrected chi connectivity index (χ1v) is 6.83. The first-order valence-electron chi connectivity index (χ1n) is 6.83. The fraction of sp³-hybridized carbons (Fsp3) is 0.600. The number of ether oxygens (including phenoxy) is 1. The van der Waals surface area contributed by atoms with E-state index in [4.69, 9.17) is 4.74 Å². The summed E-state index contributed by atoms with van der Waals surface area (Å²) in [6.07, 6.45) is -0.0155. The van der Waals surface area contributed by atoms with Crippen LogP contribution in [0.5, 0.6) is 5.75 Å². The standard InChI is InChI=1S/C15H23NO3/c1-4-19-10-5-6-13-11(9-10)14(18)12(7-8-17)15(2,3)16-13/h5-6,9,12,14,16-18H,4,7-8H2,1-3H3. The zero-order chi connectivity index (χ0) is 14.0. The molecule has 0 spiro atoms. The van der Waals surface area contributed by atoms with Crippen LogP contribution in [0.25, 0.3) is 0 Å². The van der Waals surface area contributed by atoms with Gasteiger partial charge in [0, 0.05) is 29.3 Å². The number of aliphatic hydroxyl groups is 2. The third-order valence-corrected chi connectivity index (χ3v) is 3.86. The zero-order valence-electron chi connectivity index (χ0n) is 11.8. The fourth-order valence-corrected chi connectivity index (χ4v) is 2.86. The molecule has 1 aliphatic heterocycles. The van der Waals surface area contributed by atoms with Crippen molar-refractivity contribution in [2.45, 2.75) is 38.8 Å². The zero-order valence-corrected chi connectivity index (χ0v) is 11.8. The van der Waals surface area contributed by atoms with Crippen LogP contribution < -0.4 is 10.1 Å². The maximum Gasteiger partial charge on any atom is 0.119 e. The van der Waals surface area contributed by atoms with E-state index in [1.165, 1.54) is 0 Å². The third-order valence-electron chi connectivity index (χ3n) is 3.86. The van der Waals surface area contributed by atoms with Gasteiger partial charge in [0.1, 0.15) is 5.75 Å². The summed E-state index contributed by atoms with van der Waals surface area (Å²) in [6, 6.07) is 5.74. The van der Waals surface area contributed by atoms with Crippen LogP contribution in [-0.4, -0.2) is 29.0 Å². The van der Waals surface area contributed by atoms with Gasteiger partial charge in [0.2, 0.25) is 0 Å². The highest BCUT2D eigenvalue weighted by atomic mass is 16.5. The third kappa shape index (κ3) is 2.69. The van der Waals surface area contributed by atoms with Gasteiger partial charge in [-0.05, 0) is 45.4 Å². The molecule has 2 rings (SSSR count). The van der Waals surface area contributed by atoms with Crippen molar-refractivity contribution in [2.75, 3.05) is 18.5 Å². The van der Waals surface area contributed by atoms with Gasteiger partial charge in [-0.15, -0.1) is 0 Å². The van der Waals surface area contributed by atoms with E-state index in [0.717, 1.165) is 17.0 Å². The predicted molar refractivity (Wildman–Crippen MR) is 75.5 cm³/mol. The summed E-state index contributed by atoms with van der Waals surface area (Å²) >= 11 is 0. The Hall–Kier alpha value is -1.26. The van der Waals surface area contributed by atoms with Gasteiger partial charge in [-0.2, -0.15) is 0 Å². The van der Waals surface area contributed by atoms with E-state index < -0.39 is 6.10 Å². The first kappa shape index (κ1) is 14.2. The Morgan fingerprint density at radius 1 is 1.37 bits per heavy atom. The van der Waals surface area contributed by atoms with Gasteiger partial charge < -0.3 is 20.3 Å². The van der Waals surface area contributed by atoms with Crippen molar-refractivity contribution in [1.29, 1.82) is 0 Å². The lowest BCUT2D eigenvalue weighted by atomic mass is 9.75. The molecule has 0 amide bonds. The summed E-state index contributed by atoms with van der Waals surface area (Å²) in [5.41, 5.74) is 1.54. The monoisotopic (exact) mass is 265 g/mol. The lowest BCUT2D eigenvalue weighted by Crippen LogP contribution is -2.46. The van der Waals surface area contributed by atoms with Crippen molar-refractivity contribution in [3.63, 3.8) is 0 Å². The molecule has 0 fully saturated rings. The summed E-state index contributed by atoms with van der Waals surface area (Å²) in [5.74, 6) is 0.742. The molecule has 0 aliphatic carbocycles. The average Bonchev–Trinajstić information content (AvgIpc) is 2.35. The molecule has 0 saturated carbocycles. The summed E-state index contributed by atoms with van der Waals surface area (Å²) in [5, 5.41) is 23.2. The molecule has 3 N–H and O–H groups in total. The normalized spacial score (nSPS) is 24.5. The molecular weight excluding hydrogens is 242 g/mol. The highest BCUT2D eigenvalue weighted by Gasteiger charge is 2.40. The molecule has 4 nitrogen and oxygen atoms in total. The number of aliphatic hydroxyl groups excluding tert-OH is 2. The number of benzene rings is 1. The Morgan fingerprint density at radius 3 is 2.74 bits per heavy atom. The van der Waals surface area contributed by atoms with E-state index >= 15 is 0 Å². The Bertz CT molecular complexity index is 445. The quantitative estimate of drug-likeness (QED) is 0.782. The molecule has 1 aromatic carbocycles. The van der Waals surface area contributed by atoms with E-state index in [1.54, 1.807) is 0 Å². The lowest BCUT2D eigenvalue weighted by molar-refractivity contribution is 0.0512. The van der Waals surface area contributed by atoms with Crippen LogP contribution in [0.15, 0.2) is 18.2 Å². The molecule has 0 saturated heterocycles. The summed E-state index contributed by atoms with van der Waals surface area (Å²) < 4.78 is 5.48. The Balaban J connectivity index is 2.36. The highest BCUT2D eigenvalue weighted by molar-refractivity contribution is 5.59. The molecule has 1 heterocycles. The Labute approximate surface area is 114 Å². The van der Waals surface area contributed by atoms with E-state index in [0.29, 0.717) is 13.0 Å². The van der Waals surface area contributed by atoms with E-state index in [2.05, 4.69) is 19.2 Å². The molecule has 19 heavy (non-hydrogen) atoms. The number of fused-ring (bicyclic) bond motifs is 1. The van der Waals surface area contributed by atoms with Gasteiger partial charge in [-0.25, -0.2) is 0 Å². The highest BCUT2D eigenvalue weighted by Crippen LogP contribution is 2.44. The molecule has 0 aromatic heterocycles. The molecule has 0 radical (unpaired) electrons. The second kappa shape index (κ2) is 5.39. The van der Waals surface area contributed by atoms with Crippen LogP contribution >= 0.6 is 0 Å². The van der Waals surface area contributed by atoms with Crippen molar-refractivity contribution in [3.05, 3.63) is 23.8 Å². The summed E-state index contributed by atoms with van der Waals surface area (Å²) in [6.45, 7) is 6.72. The first-order chi connectivity index (χ1) is 8.99. The van der Waals surface area contributed by atoms with Crippen LogP contribution in [0.1, 0.15) is 38.9 Å². The van der Waals surface area contributed by atoms with E-state index in [9.17, 15) is 10.2 Å². The molecule has 106 valence electrons. The predicted octanol–water partition coefficient (Wildman–Crippen LogP) is 2.32. The van der Waals surface area contributed by atoms with Gasteiger partial charge in [0.05, 0.1) is 12.7 Å². The number of anilines is 1. The largest absolute Gasteiger partial charge is 0.494 e. The van der Waals surface area contributed by atoms with Crippen LogP contribution in [0.2, 0.25) is 0 Å². The smallest absolute Gasteiger partial charge is 0.119 e. The van der Waals surface area contributed by atoms with Gasteiger partial charge in [-0.1, -0.05) is 0 Å². The molecule has 0 bridgehead atoms. The second-order valence-corrected chi connectivity index (χ2v) is 5.59. The number of rotatable bonds is 4. The minimum atomic E-state index is -0.584. The maximum atomic E-state index is 10.6. The molecular formula is C15H23NO3. The second-order valence-electron chi connectivity index (χ2n) is 5.59. The molecule has 4 heteroatoms. The van der Waals surface area contributed by atoms with Gasteiger partial charge >= 0.3 is 0 Å². The number of hydrogen-bond donors (Lipinski definition) is 3. The molecule has 2 atom stereocenters. The Kier molecular flexibility index (Phi) is 4.02.